The summed E-state index contributed by atoms with van der Waals surface area (Å²) >= 11 is 6.25. The van der Waals surface area contributed by atoms with Gasteiger partial charge in [0.15, 0.2) is 6.10 Å². The van der Waals surface area contributed by atoms with Gasteiger partial charge in [0.25, 0.3) is 0 Å². The second-order valence-electron chi connectivity index (χ2n) is 6.15. The number of urea groups is 1. The van der Waals surface area contributed by atoms with Gasteiger partial charge in [0.1, 0.15) is 0 Å². The number of rotatable bonds is 6. The molecule has 2 aromatic carbocycles. The number of carbonyl (C=O) groups is 1. The Balaban J connectivity index is 1.66. The van der Waals surface area contributed by atoms with Crippen LogP contribution in [0, 0.1) is 0 Å². The smallest absolute Gasteiger partial charge is 0.317 e. The van der Waals surface area contributed by atoms with Crippen LogP contribution in [0.2, 0.25) is 5.02 Å². The van der Waals surface area contributed by atoms with E-state index in [1.807, 2.05) is 61.5 Å². The highest BCUT2D eigenvalue weighted by molar-refractivity contribution is 6.34. The van der Waals surface area contributed by atoms with Gasteiger partial charge >= 0.3 is 6.03 Å². The molecule has 26 heavy (non-hydrogen) atoms. The van der Waals surface area contributed by atoms with Crippen molar-refractivity contribution in [2.75, 3.05) is 13.1 Å². The molecule has 2 aromatic rings. The van der Waals surface area contributed by atoms with Gasteiger partial charge < -0.3 is 15.1 Å². The molecule has 0 saturated heterocycles. The van der Waals surface area contributed by atoms with E-state index in [2.05, 4.69) is 10.5 Å². The molecule has 2 amide bonds. The molecule has 5 nitrogen and oxygen atoms in total. The molecule has 0 fully saturated rings. The first-order valence-electron chi connectivity index (χ1n) is 8.71. The van der Waals surface area contributed by atoms with E-state index in [0.717, 1.165) is 16.8 Å². The van der Waals surface area contributed by atoms with E-state index in [4.69, 9.17) is 16.4 Å². The molecule has 1 N–H and O–H groups in total. The zero-order valence-electron chi connectivity index (χ0n) is 14.7. The standard InChI is InChI=1S/C20H22ClN3O2/c1-2-22-20(25)24(13-15-8-4-3-5-9-15)14-16-12-19(23-26-16)17-10-6-7-11-18(17)21/h3-11,16H,2,12-14H2,1H3,(H,22,25)/t16-/m0/s1. The number of halogens is 1. The Bertz CT molecular complexity index is 780. The molecule has 0 unspecified atom stereocenters. The van der Waals surface area contributed by atoms with Gasteiger partial charge in [-0.2, -0.15) is 0 Å². The fourth-order valence-corrected chi connectivity index (χ4v) is 3.16. The third-order valence-corrected chi connectivity index (χ3v) is 4.50. The fourth-order valence-electron chi connectivity index (χ4n) is 2.91. The zero-order valence-corrected chi connectivity index (χ0v) is 15.4. The third kappa shape index (κ3) is 4.55. The normalized spacial score (nSPS) is 15.9. The molecule has 6 heteroatoms. The monoisotopic (exact) mass is 371 g/mol. The molecule has 1 aliphatic rings. The minimum Gasteiger partial charge on any atom is -0.390 e. The van der Waals surface area contributed by atoms with Crippen molar-refractivity contribution in [3.8, 4) is 0 Å². The molecule has 3 rings (SSSR count). The topological polar surface area (TPSA) is 53.9 Å². The average molecular weight is 372 g/mol. The Morgan fingerprint density at radius 2 is 1.96 bits per heavy atom. The molecule has 0 spiro atoms. The minimum atomic E-state index is -0.187. The van der Waals surface area contributed by atoms with Crippen molar-refractivity contribution >= 4 is 23.3 Å². The van der Waals surface area contributed by atoms with Crippen molar-refractivity contribution in [2.45, 2.75) is 26.0 Å². The number of benzene rings is 2. The molecule has 1 heterocycles. The molecule has 1 aliphatic heterocycles. The summed E-state index contributed by atoms with van der Waals surface area (Å²) in [7, 11) is 0. The Morgan fingerprint density at radius 3 is 2.69 bits per heavy atom. The first-order valence-corrected chi connectivity index (χ1v) is 9.09. The van der Waals surface area contributed by atoms with E-state index in [9.17, 15) is 4.79 Å². The largest absolute Gasteiger partial charge is 0.390 e. The van der Waals surface area contributed by atoms with Crippen LogP contribution in [-0.2, 0) is 11.4 Å². The molecule has 0 saturated carbocycles. The van der Waals surface area contributed by atoms with Crippen LogP contribution in [-0.4, -0.2) is 35.8 Å². The third-order valence-electron chi connectivity index (χ3n) is 4.17. The van der Waals surface area contributed by atoms with E-state index in [-0.39, 0.29) is 12.1 Å². The van der Waals surface area contributed by atoms with Crippen LogP contribution in [0.15, 0.2) is 59.8 Å². The number of nitrogens with one attached hydrogen (secondary N) is 1. The van der Waals surface area contributed by atoms with Crippen LogP contribution >= 0.6 is 11.6 Å². The van der Waals surface area contributed by atoms with Gasteiger partial charge in [0, 0.05) is 30.1 Å². The Hall–Kier alpha value is -2.53. The molecular weight excluding hydrogens is 350 g/mol. The molecular formula is C20H22ClN3O2. The maximum Gasteiger partial charge on any atom is 0.317 e. The van der Waals surface area contributed by atoms with E-state index >= 15 is 0 Å². The number of amides is 2. The molecule has 1 atom stereocenters. The maximum absolute atomic E-state index is 12.4. The summed E-state index contributed by atoms with van der Waals surface area (Å²) in [5.41, 5.74) is 2.77. The minimum absolute atomic E-state index is 0.105. The van der Waals surface area contributed by atoms with Crippen LogP contribution in [0.25, 0.3) is 0 Å². The molecule has 0 aromatic heterocycles. The zero-order chi connectivity index (χ0) is 18.4. The second-order valence-corrected chi connectivity index (χ2v) is 6.56. The lowest BCUT2D eigenvalue weighted by Gasteiger charge is -2.25. The summed E-state index contributed by atoms with van der Waals surface area (Å²) in [4.78, 5) is 19.8. The highest BCUT2D eigenvalue weighted by Gasteiger charge is 2.27. The van der Waals surface area contributed by atoms with Gasteiger partial charge in [-0.1, -0.05) is 65.3 Å². The molecule has 0 radical (unpaired) electrons. The van der Waals surface area contributed by atoms with Crippen LogP contribution in [0.3, 0.4) is 0 Å². The van der Waals surface area contributed by atoms with Gasteiger partial charge in [-0.25, -0.2) is 4.79 Å². The van der Waals surface area contributed by atoms with Gasteiger partial charge in [-0.3, -0.25) is 0 Å². The van der Waals surface area contributed by atoms with Gasteiger partial charge in [0.05, 0.1) is 12.3 Å². The lowest BCUT2D eigenvalue weighted by Crippen LogP contribution is -2.43. The summed E-state index contributed by atoms with van der Waals surface area (Å²) in [5.74, 6) is 0. The first kappa shape index (κ1) is 18.3. The highest BCUT2D eigenvalue weighted by atomic mass is 35.5. The lowest BCUT2D eigenvalue weighted by atomic mass is 10.0. The summed E-state index contributed by atoms with van der Waals surface area (Å²) in [6.45, 7) is 3.46. The SMILES string of the molecule is CCNC(=O)N(Cc1ccccc1)C[C@@H]1CC(c2ccccc2Cl)=NO1. The van der Waals surface area contributed by atoms with Crippen LogP contribution in [0.1, 0.15) is 24.5 Å². The van der Waals surface area contributed by atoms with Gasteiger partial charge in [-0.15, -0.1) is 0 Å². The van der Waals surface area contributed by atoms with E-state index in [1.165, 1.54) is 0 Å². The van der Waals surface area contributed by atoms with Crippen molar-refractivity contribution in [3.05, 3.63) is 70.7 Å². The first-order chi connectivity index (χ1) is 12.7. The molecule has 0 aliphatic carbocycles. The summed E-state index contributed by atoms with van der Waals surface area (Å²) in [5, 5.41) is 7.71. The fraction of sp³-hybridized carbons (Fsp3) is 0.300. The summed E-state index contributed by atoms with van der Waals surface area (Å²) in [6.07, 6.45) is 0.432. The van der Waals surface area contributed by atoms with Crippen LogP contribution < -0.4 is 5.32 Å². The predicted molar refractivity (Wildman–Crippen MR) is 103 cm³/mol. The molecule has 136 valence electrons. The summed E-state index contributed by atoms with van der Waals surface area (Å²) < 4.78 is 0. The number of hydrogen-bond donors (Lipinski definition) is 1. The van der Waals surface area contributed by atoms with Crippen LogP contribution in [0.4, 0.5) is 4.79 Å². The lowest BCUT2D eigenvalue weighted by molar-refractivity contribution is 0.0590. The number of hydrogen-bond acceptors (Lipinski definition) is 3. The number of carbonyl (C=O) groups excluding carboxylic acids is 1. The number of oxime groups is 1. The van der Waals surface area contributed by atoms with Crippen molar-refractivity contribution in [3.63, 3.8) is 0 Å². The highest BCUT2D eigenvalue weighted by Crippen LogP contribution is 2.23. The predicted octanol–water partition coefficient (Wildman–Crippen LogP) is 4.06. The Kier molecular flexibility index (Phi) is 6.12. The summed E-state index contributed by atoms with van der Waals surface area (Å²) in [6, 6.07) is 17.4. The maximum atomic E-state index is 12.4. The van der Waals surface area contributed by atoms with Crippen LogP contribution in [0.5, 0.6) is 0 Å². The van der Waals surface area contributed by atoms with Gasteiger partial charge in [0.2, 0.25) is 0 Å². The van der Waals surface area contributed by atoms with Crippen molar-refractivity contribution < 1.29 is 9.63 Å². The Morgan fingerprint density at radius 1 is 1.23 bits per heavy atom. The Labute approximate surface area is 158 Å². The van der Waals surface area contributed by atoms with E-state index < -0.39 is 0 Å². The average Bonchev–Trinajstić information content (AvgIpc) is 3.11. The van der Waals surface area contributed by atoms with Crippen molar-refractivity contribution in [2.24, 2.45) is 5.16 Å². The number of nitrogens with zero attached hydrogens (tertiary/aromatic N) is 2. The quantitative estimate of drug-likeness (QED) is 0.832. The van der Waals surface area contributed by atoms with Gasteiger partial charge in [-0.05, 0) is 18.6 Å². The van der Waals surface area contributed by atoms with Crippen molar-refractivity contribution in [1.82, 2.24) is 10.2 Å². The second kappa shape index (κ2) is 8.72. The van der Waals surface area contributed by atoms with E-state index in [1.54, 1.807) is 4.90 Å². The van der Waals surface area contributed by atoms with E-state index in [0.29, 0.717) is 31.1 Å². The van der Waals surface area contributed by atoms with Crippen molar-refractivity contribution in [1.29, 1.82) is 0 Å². The molecule has 0 bridgehead atoms.